The number of aryl methyl sites for hydroxylation is 1. The van der Waals surface area contributed by atoms with Crippen LogP contribution in [0.15, 0.2) is 5.38 Å². The Bertz CT molecular complexity index is 386. The van der Waals surface area contributed by atoms with Gasteiger partial charge >= 0.3 is 11.9 Å². The van der Waals surface area contributed by atoms with Crippen molar-refractivity contribution in [3.8, 4) is 0 Å². The van der Waals surface area contributed by atoms with E-state index < -0.39 is 11.9 Å². The highest BCUT2D eigenvalue weighted by Gasteiger charge is 2.24. The lowest BCUT2D eigenvalue weighted by atomic mass is 10.3. The number of nitrogens with zero attached hydrogens (tertiary/aromatic N) is 2. The molecule has 0 bridgehead atoms. The van der Waals surface area contributed by atoms with Gasteiger partial charge in [0.25, 0.3) is 0 Å². The van der Waals surface area contributed by atoms with Gasteiger partial charge in [-0.1, -0.05) is 0 Å². The zero-order chi connectivity index (χ0) is 10.8. The molecule has 1 aliphatic rings. The van der Waals surface area contributed by atoms with E-state index in [2.05, 4.69) is 9.72 Å². The molecule has 2 rings (SSSR count). The molecule has 0 radical (unpaired) electrons. The largest absolute Gasteiger partial charge is 0.391 e. The first-order valence-corrected chi connectivity index (χ1v) is 5.38. The van der Waals surface area contributed by atoms with Gasteiger partial charge in [0.05, 0.1) is 23.8 Å². The normalized spacial score (nSPS) is 17.9. The molecule has 1 aromatic rings. The summed E-state index contributed by atoms with van der Waals surface area (Å²) in [5, 5.41) is 2.91. The lowest BCUT2D eigenvalue weighted by Crippen LogP contribution is -2.42. The molecule has 0 atom stereocenters. The molecule has 5 nitrogen and oxygen atoms in total. The second-order valence-corrected chi connectivity index (χ2v) is 4.41. The lowest BCUT2D eigenvalue weighted by Gasteiger charge is -2.22. The number of hydrogen-bond donors (Lipinski definition) is 0. The molecule has 1 fully saturated rings. The molecule has 0 spiro atoms. The molecule has 15 heavy (non-hydrogen) atoms. The Morgan fingerprint density at radius 1 is 1.47 bits per heavy atom. The van der Waals surface area contributed by atoms with Crippen LogP contribution >= 0.6 is 11.3 Å². The number of cyclic esters (lactones) is 2. The molecular formula is C9H10N2O3S. The third-order valence-corrected chi connectivity index (χ3v) is 2.81. The molecule has 6 heteroatoms. The zero-order valence-electron chi connectivity index (χ0n) is 8.23. The summed E-state index contributed by atoms with van der Waals surface area (Å²) in [6.07, 6.45) is 0. The molecule has 0 unspecified atom stereocenters. The molecular weight excluding hydrogens is 216 g/mol. The molecule has 0 aromatic carbocycles. The van der Waals surface area contributed by atoms with Gasteiger partial charge in [-0.25, -0.2) is 4.98 Å². The van der Waals surface area contributed by atoms with Crippen LogP contribution < -0.4 is 0 Å². The first-order valence-electron chi connectivity index (χ1n) is 4.50. The Balaban J connectivity index is 2.00. The van der Waals surface area contributed by atoms with Gasteiger partial charge in [0.2, 0.25) is 0 Å². The number of thiazole rings is 1. The van der Waals surface area contributed by atoms with Crippen LogP contribution in [0.4, 0.5) is 0 Å². The summed E-state index contributed by atoms with van der Waals surface area (Å²) in [6.45, 7) is 2.75. The van der Waals surface area contributed by atoms with Crippen LogP contribution in [0.2, 0.25) is 0 Å². The summed E-state index contributed by atoms with van der Waals surface area (Å²) in [6, 6.07) is 0. The van der Waals surface area contributed by atoms with Crippen molar-refractivity contribution in [1.82, 2.24) is 9.88 Å². The predicted octanol–water partition coefficient (Wildman–Crippen LogP) is 0.337. The van der Waals surface area contributed by atoms with Crippen LogP contribution in [-0.2, 0) is 20.9 Å². The minimum atomic E-state index is -0.488. The summed E-state index contributed by atoms with van der Waals surface area (Å²) in [7, 11) is 0. The number of carbonyl (C=O) groups is 2. The fourth-order valence-corrected chi connectivity index (χ4v) is 2.04. The van der Waals surface area contributed by atoms with Gasteiger partial charge in [-0.15, -0.1) is 11.3 Å². The topological polar surface area (TPSA) is 59.5 Å². The fraction of sp³-hybridized carbons (Fsp3) is 0.444. The average molecular weight is 226 g/mol. The van der Waals surface area contributed by atoms with Crippen LogP contribution in [0, 0.1) is 6.92 Å². The van der Waals surface area contributed by atoms with E-state index in [0.717, 1.165) is 10.7 Å². The number of rotatable bonds is 2. The van der Waals surface area contributed by atoms with Crippen molar-refractivity contribution in [2.45, 2.75) is 13.5 Å². The van der Waals surface area contributed by atoms with Crippen molar-refractivity contribution in [3.63, 3.8) is 0 Å². The third-order valence-electron chi connectivity index (χ3n) is 1.99. The Kier molecular flexibility index (Phi) is 2.79. The quantitative estimate of drug-likeness (QED) is 0.537. The zero-order valence-corrected chi connectivity index (χ0v) is 9.04. The van der Waals surface area contributed by atoms with Crippen LogP contribution in [0.5, 0.6) is 0 Å². The fourth-order valence-electron chi connectivity index (χ4n) is 1.43. The first kappa shape index (κ1) is 10.3. The SMILES string of the molecule is Cc1nc(CN2CC(=O)OC(=O)C2)cs1. The molecule has 1 aliphatic heterocycles. The molecule has 0 saturated carbocycles. The van der Waals surface area contributed by atoms with Crippen LogP contribution in [0.1, 0.15) is 10.7 Å². The Labute approximate surface area is 90.7 Å². The Morgan fingerprint density at radius 2 is 2.13 bits per heavy atom. The second-order valence-electron chi connectivity index (χ2n) is 3.35. The predicted molar refractivity (Wildman–Crippen MR) is 53.2 cm³/mol. The number of morpholine rings is 1. The van der Waals surface area contributed by atoms with Crippen LogP contribution in [-0.4, -0.2) is 34.9 Å². The summed E-state index contributed by atoms with van der Waals surface area (Å²) in [5.74, 6) is -0.976. The van der Waals surface area contributed by atoms with E-state index in [1.165, 1.54) is 0 Å². The molecule has 2 heterocycles. The Morgan fingerprint density at radius 3 is 2.67 bits per heavy atom. The number of hydrogen-bond acceptors (Lipinski definition) is 6. The van der Waals surface area contributed by atoms with Gasteiger partial charge < -0.3 is 4.74 Å². The minimum Gasteiger partial charge on any atom is -0.391 e. The lowest BCUT2D eigenvalue weighted by molar-refractivity contribution is -0.167. The molecule has 0 N–H and O–H groups in total. The number of aromatic nitrogens is 1. The molecule has 80 valence electrons. The molecule has 0 aliphatic carbocycles. The average Bonchev–Trinajstić information content (AvgIpc) is 2.49. The van der Waals surface area contributed by atoms with Crippen LogP contribution in [0.25, 0.3) is 0 Å². The standard InChI is InChI=1S/C9H10N2O3S/c1-6-10-7(5-15-6)2-11-3-8(12)14-9(13)4-11/h5H,2-4H2,1H3. The highest BCUT2D eigenvalue weighted by atomic mass is 32.1. The van der Waals surface area contributed by atoms with Gasteiger partial charge in [-0.3, -0.25) is 14.5 Å². The Hall–Kier alpha value is -1.27. The van der Waals surface area contributed by atoms with Gasteiger partial charge in [0, 0.05) is 11.9 Å². The number of carbonyl (C=O) groups excluding carboxylic acids is 2. The highest BCUT2D eigenvalue weighted by molar-refractivity contribution is 7.09. The summed E-state index contributed by atoms with van der Waals surface area (Å²) in [4.78, 5) is 27.9. The highest BCUT2D eigenvalue weighted by Crippen LogP contribution is 2.11. The van der Waals surface area contributed by atoms with Crippen molar-refractivity contribution in [2.24, 2.45) is 0 Å². The smallest absolute Gasteiger partial charge is 0.327 e. The van der Waals surface area contributed by atoms with E-state index in [0.29, 0.717) is 6.54 Å². The molecule has 1 aromatic heterocycles. The van der Waals surface area contributed by atoms with Crippen molar-refractivity contribution >= 4 is 23.3 Å². The maximum Gasteiger partial charge on any atom is 0.327 e. The van der Waals surface area contributed by atoms with E-state index in [4.69, 9.17) is 0 Å². The van der Waals surface area contributed by atoms with Gasteiger partial charge in [0.1, 0.15) is 0 Å². The van der Waals surface area contributed by atoms with Crippen molar-refractivity contribution in [2.75, 3.05) is 13.1 Å². The number of esters is 2. The minimum absolute atomic E-state index is 0.155. The van der Waals surface area contributed by atoms with Gasteiger partial charge in [-0.2, -0.15) is 0 Å². The van der Waals surface area contributed by atoms with E-state index in [1.807, 2.05) is 12.3 Å². The summed E-state index contributed by atoms with van der Waals surface area (Å²) in [5.41, 5.74) is 0.889. The van der Waals surface area contributed by atoms with Crippen molar-refractivity contribution < 1.29 is 14.3 Å². The maximum absolute atomic E-state index is 11.0. The van der Waals surface area contributed by atoms with E-state index in [-0.39, 0.29) is 13.1 Å². The number of ether oxygens (including phenoxy) is 1. The van der Waals surface area contributed by atoms with E-state index >= 15 is 0 Å². The van der Waals surface area contributed by atoms with Crippen LogP contribution in [0.3, 0.4) is 0 Å². The second kappa shape index (κ2) is 4.08. The van der Waals surface area contributed by atoms with Crippen molar-refractivity contribution in [3.05, 3.63) is 16.1 Å². The molecule has 1 saturated heterocycles. The van der Waals surface area contributed by atoms with Gasteiger partial charge in [0.15, 0.2) is 0 Å². The van der Waals surface area contributed by atoms with Crippen molar-refractivity contribution in [1.29, 1.82) is 0 Å². The maximum atomic E-state index is 11.0. The third kappa shape index (κ3) is 2.60. The van der Waals surface area contributed by atoms with E-state index in [9.17, 15) is 9.59 Å². The summed E-state index contributed by atoms with van der Waals surface area (Å²) >= 11 is 1.56. The monoisotopic (exact) mass is 226 g/mol. The van der Waals surface area contributed by atoms with Gasteiger partial charge in [-0.05, 0) is 6.92 Å². The molecule has 0 amide bonds. The summed E-state index contributed by atoms with van der Waals surface area (Å²) < 4.78 is 4.42. The first-order chi connectivity index (χ1) is 7.13. The van der Waals surface area contributed by atoms with E-state index in [1.54, 1.807) is 16.2 Å².